The van der Waals surface area contributed by atoms with Gasteiger partial charge in [-0.2, -0.15) is 5.10 Å². The van der Waals surface area contributed by atoms with Crippen molar-refractivity contribution in [3.63, 3.8) is 0 Å². The van der Waals surface area contributed by atoms with Gasteiger partial charge in [-0.3, -0.25) is 9.48 Å². The maximum absolute atomic E-state index is 12.7. The van der Waals surface area contributed by atoms with Crippen LogP contribution in [0.5, 0.6) is 0 Å². The van der Waals surface area contributed by atoms with Gasteiger partial charge in [-0.15, -0.1) is 0 Å². The molecular weight excluding hydrogens is 366 g/mol. The summed E-state index contributed by atoms with van der Waals surface area (Å²) in [6.45, 7) is 8.94. The first kappa shape index (κ1) is 21.1. The summed E-state index contributed by atoms with van der Waals surface area (Å²) < 4.78 is 7.21. The second kappa shape index (κ2) is 9.25. The van der Waals surface area contributed by atoms with E-state index in [1.54, 1.807) is 6.92 Å². The second-order valence-electron chi connectivity index (χ2n) is 7.91. The Morgan fingerprint density at radius 1 is 1.14 bits per heavy atom. The fourth-order valence-electron chi connectivity index (χ4n) is 4.05. The van der Waals surface area contributed by atoms with Crippen molar-refractivity contribution in [2.75, 3.05) is 13.2 Å². The molecule has 1 aliphatic heterocycles. The van der Waals surface area contributed by atoms with Gasteiger partial charge in [0, 0.05) is 12.6 Å². The lowest BCUT2D eigenvalue weighted by molar-refractivity contribution is -0.138. The first-order valence-corrected chi connectivity index (χ1v) is 10.5. The maximum Gasteiger partial charge on any atom is 0.342 e. The van der Waals surface area contributed by atoms with Crippen molar-refractivity contribution >= 4 is 11.9 Å². The number of ether oxygens (including phenoxy) is 1. The van der Waals surface area contributed by atoms with E-state index >= 15 is 0 Å². The number of hydrogen-bond acceptors (Lipinski definition) is 4. The van der Waals surface area contributed by atoms with E-state index in [1.807, 2.05) is 16.5 Å². The molecule has 6 heteroatoms. The van der Waals surface area contributed by atoms with E-state index in [4.69, 9.17) is 4.74 Å². The average molecular weight is 398 g/mol. The van der Waals surface area contributed by atoms with Crippen molar-refractivity contribution < 1.29 is 14.3 Å². The van der Waals surface area contributed by atoms with Gasteiger partial charge in [-0.1, -0.05) is 36.8 Å². The van der Waals surface area contributed by atoms with Crippen LogP contribution in [0.25, 0.3) is 0 Å². The summed E-state index contributed by atoms with van der Waals surface area (Å²) in [5, 5.41) is 4.51. The fourth-order valence-corrected chi connectivity index (χ4v) is 4.05. The summed E-state index contributed by atoms with van der Waals surface area (Å²) in [5.74, 6) is -0.583. The third-order valence-electron chi connectivity index (χ3n) is 5.78. The third kappa shape index (κ3) is 4.86. The van der Waals surface area contributed by atoms with Gasteiger partial charge in [0.25, 0.3) is 5.91 Å². The van der Waals surface area contributed by atoms with Crippen LogP contribution in [0.4, 0.5) is 0 Å². The highest BCUT2D eigenvalue weighted by atomic mass is 16.5. The Labute approximate surface area is 172 Å². The van der Waals surface area contributed by atoms with Crippen molar-refractivity contribution in [3.8, 4) is 0 Å². The van der Waals surface area contributed by atoms with Gasteiger partial charge in [0.15, 0.2) is 6.61 Å². The molecule has 29 heavy (non-hydrogen) atoms. The lowest BCUT2D eigenvalue weighted by Gasteiger charge is -2.35. The molecule has 0 aliphatic carbocycles. The molecular formula is C23H31N3O3. The predicted octanol–water partition coefficient (Wildman–Crippen LogP) is 3.80. The van der Waals surface area contributed by atoms with E-state index < -0.39 is 5.97 Å². The van der Waals surface area contributed by atoms with Crippen LogP contribution in [0.2, 0.25) is 0 Å². The molecule has 1 amide bonds. The minimum Gasteiger partial charge on any atom is -0.452 e. The second-order valence-corrected chi connectivity index (χ2v) is 7.91. The van der Waals surface area contributed by atoms with Gasteiger partial charge in [0.2, 0.25) is 0 Å². The van der Waals surface area contributed by atoms with Crippen LogP contribution in [0, 0.1) is 20.8 Å². The molecule has 1 saturated heterocycles. The smallest absolute Gasteiger partial charge is 0.342 e. The number of aromatic nitrogens is 2. The number of hydrogen-bond donors (Lipinski definition) is 0. The lowest BCUT2D eigenvalue weighted by Crippen LogP contribution is -2.45. The molecule has 2 aromatic rings. The number of carbonyl (C=O) groups is 2. The number of piperidine rings is 1. The fraction of sp³-hybridized carbons (Fsp3) is 0.522. The first-order valence-electron chi connectivity index (χ1n) is 10.5. The number of carbonyl (C=O) groups excluding carboxylic acids is 2. The van der Waals surface area contributed by atoms with Gasteiger partial charge in [-0.25, -0.2) is 4.79 Å². The summed E-state index contributed by atoms with van der Waals surface area (Å²) in [4.78, 5) is 27.1. The number of amides is 1. The molecule has 1 atom stereocenters. The standard InChI is InChI=1S/C23H31N3O3/c1-5-20-8-6-7-13-25(20)21(27)15-29-23(28)22-17(3)24-26(18(22)4)14-19-11-9-16(2)10-12-19/h9-12,20H,5-8,13-15H2,1-4H3/t20-/m1/s1. The molecule has 0 saturated carbocycles. The highest BCUT2D eigenvalue weighted by molar-refractivity contribution is 5.93. The highest BCUT2D eigenvalue weighted by Gasteiger charge is 2.27. The molecule has 1 fully saturated rings. The average Bonchev–Trinajstić information content (AvgIpc) is 3.00. The Morgan fingerprint density at radius 3 is 2.55 bits per heavy atom. The Kier molecular flexibility index (Phi) is 6.72. The van der Waals surface area contributed by atoms with Crippen molar-refractivity contribution in [1.82, 2.24) is 14.7 Å². The Hall–Kier alpha value is -2.63. The van der Waals surface area contributed by atoms with Gasteiger partial charge >= 0.3 is 5.97 Å². The van der Waals surface area contributed by atoms with Gasteiger partial charge in [0.05, 0.1) is 17.9 Å². The summed E-state index contributed by atoms with van der Waals surface area (Å²) in [5.41, 5.74) is 4.15. The Balaban J connectivity index is 1.65. The maximum atomic E-state index is 12.7. The molecule has 0 radical (unpaired) electrons. The Bertz CT molecular complexity index is 870. The number of rotatable bonds is 6. The summed E-state index contributed by atoms with van der Waals surface area (Å²) in [7, 11) is 0. The molecule has 1 aromatic carbocycles. The van der Waals surface area contributed by atoms with E-state index in [0.717, 1.165) is 43.5 Å². The molecule has 156 valence electrons. The molecule has 0 unspecified atom stereocenters. The number of aryl methyl sites for hydroxylation is 2. The number of benzene rings is 1. The van der Waals surface area contributed by atoms with Gasteiger partial charge in [0.1, 0.15) is 5.56 Å². The predicted molar refractivity (Wildman–Crippen MR) is 112 cm³/mol. The molecule has 0 N–H and O–H groups in total. The van der Waals surface area contributed by atoms with E-state index in [1.165, 1.54) is 5.56 Å². The molecule has 0 bridgehead atoms. The largest absolute Gasteiger partial charge is 0.452 e. The number of esters is 1. The lowest BCUT2D eigenvalue weighted by atomic mass is 10.00. The zero-order valence-corrected chi connectivity index (χ0v) is 17.9. The summed E-state index contributed by atoms with van der Waals surface area (Å²) >= 11 is 0. The van der Waals surface area contributed by atoms with Crippen LogP contribution in [0.1, 0.15) is 65.5 Å². The van der Waals surface area contributed by atoms with Crippen molar-refractivity contribution in [3.05, 3.63) is 52.3 Å². The van der Waals surface area contributed by atoms with Gasteiger partial charge in [-0.05, 0) is 52.0 Å². The van der Waals surface area contributed by atoms with Gasteiger partial charge < -0.3 is 9.64 Å². The SMILES string of the molecule is CC[C@@H]1CCCCN1C(=O)COC(=O)c1c(C)nn(Cc2ccc(C)cc2)c1C. The van der Waals surface area contributed by atoms with Crippen LogP contribution in [0.15, 0.2) is 24.3 Å². The van der Waals surface area contributed by atoms with E-state index in [9.17, 15) is 9.59 Å². The molecule has 2 heterocycles. The van der Waals surface area contributed by atoms with Crippen LogP contribution in [-0.2, 0) is 16.1 Å². The highest BCUT2D eigenvalue weighted by Crippen LogP contribution is 2.20. The van der Waals surface area contributed by atoms with E-state index in [2.05, 4.69) is 43.2 Å². The van der Waals surface area contributed by atoms with Crippen molar-refractivity contribution in [2.24, 2.45) is 0 Å². The minimum atomic E-state index is -0.478. The first-order chi connectivity index (χ1) is 13.9. The molecule has 1 aromatic heterocycles. The van der Waals surface area contributed by atoms with Crippen LogP contribution in [0.3, 0.4) is 0 Å². The van der Waals surface area contributed by atoms with Crippen LogP contribution >= 0.6 is 0 Å². The number of nitrogens with zero attached hydrogens (tertiary/aromatic N) is 3. The van der Waals surface area contributed by atoms with Crippen LogP contribution < -0.4 is 0 Å². The topological polar surface area (TPSA) is 64.4 Å². The van der Waals surface area contributed by atoms with Crippen LogP contribution in [-0.4, -0.2) is 45.8 Å². The molecule has 3 rings (SSSR count). The van der Waals surface area contributed by atoms with Crippen molar-refractivity contribution in [1.29, 1.82) is 0 Å². The minimum absolute atomic E-state index is 0.104. The van der Waals surface area contributed by atoms with Crippen molar-refractivity contribution in [2.45, 2.75) is 66.0 Å². The zero-order valence-electron chi connectivity index (χ0n) is 17.9. The summed E-state index contributed by atoms with van der Waals surface area (Å²) in [6, 6.07) is 8.50. The molecule has 6 nitrogen and oxygen atoms in total. The van der Waals surface area contributed by atoms with E-state index in [0.29, 0.717) is 17.8 Å². The summed E-state index contributed by atoms with van der Waals surface area (Å²) in [6.07, 6.45) is 4.13. The monoisotopic (exact) mass is 397 g/mol. The van der Waals surface area contributed by atoms with E-state index in [-0.39, 0.29) is 18.6 Å². The molecule has 1 aliphatic rings. The zero-order chi connectivity index (χ0) is 21.0. The normalized spacial score (nSPS) is 16.7. The third-order valence-corrected chi connectivity index (χ3v) is 5.78. The Morgan fingerprint density at radius 2 is 1.86 bits per heavy atom. The molecule has 0 spiro atoms. The quantitative estimate of drug-likeness (QED) is 0.696. The number of likely N-dealkylation sites (tertiary alicyclic amines) is 1.